The van der Waals surface area contributed by atoms with Crippen LogP contribution in [0.5, 0.6) is 0 Å². The van der Waals surface area contributed by atoms with E-state index in [0.29, 0.717) is 23.2 Å². The molecule has 2 aliphatic heterocycles. The molecule has 0 unspecified atom stereocenters. The molecule has 2 N–H and O–H groups in total. The van der Waals surface area contributed by atoms with Gasteiger partial charge >= 0.3 is 0 Å². The third kappa shape index (κ3) is 3.67. The molecule has 0 atom stereocenters. The number of carbonyl (C=O) groups is 2. The van der Waals surface area contributed by atoms with Gasteiger partial charge in [-0.05, 0) is 24.6 Å². The summed E-state index contributed by atoms with van der Waals surface area (Å²) < 4.78 is 0. The molecule has 0 aliphatic carbocycles. The highest BCUT2D eigenvalue weighted by Crippen LogP contribution is 2.27. The first-order valence-electron chi connectivity index (χ1n) is 10.7. The summed E-state index contributed by atoms with van der Waals surface area (Å²) in [6.07, 6.45) is 2.51. The summed E-state index contributed by atoms with van der Waals surface area (Å²) in [5, 5.41) is 0.739. The number of nitrogens with one attached hydrogen (secondary N) is 2. The Balaban J connectivity index is 1.48. The molecule has 0 radical (unpaired) electrons. The van der Waals surface area contributed by atoms with Gasteiger partial charge in [0.15, 0.2) is 5.78 Å². The summed E-state index contributed by atoms with van der Waals surface area (Å²) in [4.78, 5) is 43.1. The van der Waals surface area contributed by atoms with Gasteiger partial charge < -0.3 is 14.9 Å². The van der Waals surface area contributed by atoms with E-state index in [1.165, 1.54) is 4.90 Å². The molecule has 0 saturated carbocycles. The van der Waals surface area contributed by atoms with Crippen molar-refractivity contribution in [2.45, 2.75) is 13.3 Å². The molecule has 1 amide bonds. The van der Waals surface area contributed by atoms with Crippen molar-refractivity contribution < 1.29 is 9.59 Å². The van der Waals surface area contributed by atoms with E-state index in [2.05, 4.69) is 19.9 Å². The standard InChI is InChI=1S/C26H23N5O2/c1-15-28-20-12-13-27-21(23(20)29-15)14-16-8-10-17(11-9-16)25(32)22-18-6-4-5-7-19(18)30-24(22)26(33)31(2)3/h4-13,27,30H,14H2,1-3H3. The van der Waals surface area contributed by atoms with Gasteiger partial charge in [0.25, 0.3) is 5.91 Å². The fourth-order valence-corrected chi connectivity index (χ4v) is 4.12. The minimum absolute atomic E-state index is 0.185. The highest BCUT2D eigenvalue weighted by molar-refractivity contribution is 6.21. The number of hydrogen-bond donors (Lipinski definition) is 2. The third-order valence-corrected chi connectivity index (χ3v) is 5.73. The minimum Gasteiger partial charge on any atom is -0.363 e. The SMILES string of the molecule is Cc1nc2cc[nH]c(Cc3ccc(C(=O)c4c(C(=O)N(C)C)[nH]c5ccccc45)cc3)c-2n1. The predicted octanol–water partition coefficient (Wildman–Crippen LogP) is 4.22. The Morgan fingerprint density at radius 3 is 2.48 bits per heavy atom. The van der Waals surface area contributed by atoms with Gasteiger partial charge in [-0.3, -0.25) is 9.59 Å². The van der Waals surface area contributed by atoms with Crippen LogP contribution in [0.25, 0.3) is 22.3 Å². The fraction of sp³-hybridized carbons (Fsp3) is 0.154. The Labute approximate surface area is 190 Å². The lowest BCUT2D eigenvalue weighted by Gasteiger charge is -2.11. The summed E-state index contributed by atoms with van der Waals surface area (Å²) in [7, 11) is 3.35. The van der Waals surface area contributed by atoms with E-state index in [0.717, 1.165) is 39.4 Å². The third-order valence-electron chi connectivity index (χ3n) is 5.73. The van der Waals surface area contributed by atoms with Crippen molar-refractivity contribution in [3.05, 3.63) is 94.7 Å². The number of ketones is 1. The lowest BCUT2D eigenvalue weighted by Crippen LogP contribution is -2.24. The van der Waals surface area contributed by atoms with Crippen molar-refractivity contribution in [2.24, 2.45) is 0 Å². The predicted molar refractivity (Wildman–Crippen MR) is 127 cm³/mol. The fourth-order valence-electron chi connectivity index (χ4n) is 4.12. The second kappa shape index (κ2) is 8.02. The number of fused-ring (bicyclic) bond motifs is 2. The molecule has 1 aromatic heterocycles. The molecule has 0 saturated heterocycles. The number of hydrogen-bond acceptors (Lipinski definition) is 4. The minimum atomic E-state index is -0.235. The van der Waals surface area contributed by atoms with E-state index in [1.54, 1.807) is 14.1 Å². The molecule has 3 heterocycles. The molecular formula is C26H23N5O2. The van der Waals surface area contributed by atoms with Crippen molar-refractivity contribution in [2.75, 3.05) is 14.1 Å². The van der Waals surface area contributed by atoms with E-state index >= 15 is 0 Å². The maximum Gasteiger partial charge on any atom is 0.270 e. The van der Waals surface area contributed by atoms with Gasteiger partial charge in [-0.25, -0.2) is 9.97 Å². The molecule has 164 valence electrons. The zero-order valence-electron chi connectivity index (χ0n) is 18.6. The highest BCUT2D eigenvalue weighted by atomic mass is 16.2. The quantitative estimate of drug-likeness (QED) is 0.403. The zero-order valence-corrected chi connectivity index (χ0v) is 18.6. The average molecular weight is 438 g/mol. The van der Waals surface area contributed by atoms with E-state index in [4.69, 9.17) is 0 Å². The summed E-state index contributed by atoms with van der Waals surface area (Å²) in [6.45, 7) is 1.88. The monoisotopic (exact) mass is 437 g/mol. The van der Waals surface area contributed by atoms with Crippen LogP contribution in [0.4, 0.5) is 0 Å². The smallest absolute Gasteiger partial charge is 0.270 e. The Kier molecular flexibility index (Phi) is 5.01. The highest BCUT2D eigenvalue weighted by Gasteiger charge is 2.25. The number of rotatable bonds is 5. The Morgan fingerprint density at radius 2 is 1.73 bits per heavy atom. The van der Waals surface area contributed by atoms with E-state index < -0.39 is 0 Å². The van der Waals surface area contributed by atoms with Crippen LogP contribution in [-0.4, -0.2) is 50.6 Å². The Bertz CT molecular complexity index is 1460. The van der Waals surface area contributed by atoms with Gasteiger partial charge in [0.05, 0.1) is 11.3 Å². The van der Waals surface area contributed by atoms with Crippen molar-refractivity contribution in [3.8, 4) is 11.4 Å². The maximum absolute atomic E-state index is 13.5. The van der Waals surface area contributed by atoms with Gasteiger partial charge in [0.1, 0.15) is 17.2 Å². The van der Waals surface area contributed by atoms with Crippen LogP contribution in [0, 0.1) is 6.92 Å². The van der Waals surface area contributed by atoms with Crippen LogP contribution in [0.2, 0.25) is 0 Å². The van der Waals surface area contributed by atoms with Gasteiger partial charge in [-0.2, -0.15) is 0 Å². The molecule has 0 fully saturated rings. The number of benzene rings is 2. The number of H-pyrrole nitrogens is 2. The number of aromatic nitrogens is 4. The van der Waals surface area contributed by atoms with Gasteiger partial charge in [0.2, 0.25) is 0 Å². The van der Waals surface area contributed by atoms with Crippen LogP contribution in [-0.2, 0) is 6.42 Å². The second-order valence-corrected chi connectivity index (χ2v) is 8.28. The zero-order chi connectivity index (χ0) is 23.1. The van der Waals surface area contributed by atoms with Crippen molar-refractivity contribution in [1.82, 2.24) is 24.8 Å². The number of aromatic amines is 2. The number of amides is 1. The molecule has 0 spiro atoms. The lowest BCUT2D eigenvalue weighted by atomic mass is 9.97. The molecular weight excluding hydrogens is 414 g/mol. The molecule has 33 heavy (non-hydrogen) atoms. The maximum atomic E-state index is 13.5. The first kappa shape index (κ1) is 20.6. The van der Waals surface area contributed by atoms with Gasteiger partial charge in [-0.15, -0.1) is 0 Å². The number of aryl methyl sites for hydroxylation is 1. The van der Waals surface area contributed by atoms with Crippen molar-refractivity contribution in [1.29, 1.82) is 0 Å². The number of pyridine rings is 1. The van der Waals surface area contributed by atoms with Crippen LogP contribution in [0.3, 0.4) is 0 Å². The van der Waals surface area contributed by atoms with Crippen LogP contribution >= 0.6 is 0 Å². The molecule has 0 bridgehead atoms. The van der Waals surface area contributed by atoms with Crippen LogP contribution in [0.1, 0.15) is 43.5 Å². The Morgan fingerprint density at radius 1 is 0.970 bits per heavy atom. The topological polar surface area (TPSA) is 94.7 Å². The molecule has 2 aromatic carbocycles. The van der Waals surface area contributed by atoms with Crippen LogP contribution < -0.4 is 0 Å². The van der Waals surface area contributed by atoms with Crippen LogP contribution in [0.15, 0.2) is 60.8 Å². The largest absolute Gasteiger partial charge is 0.363 e. The number of nitrogens with zero attached hydrogens (tertiary/aromatic N) is 3. The van der Waals surface area contributed by atoms with E-state index in [-0.39, 0.29) is 11.7 Å². The molecule has 7 nitrogen and oxygen atoms in total. The number of imidazole rings is 1. The molecule has 7 heteroatoms. The summed E-state index contributed by atoms with van der Waals surface area (Å²) in [5.41, 5.74) is 5.74. The van der Waals surface area contributed by atoms with Gasteiger partial charge in [0, 0.05) is 48.9 Å². The number of carbonyl (C=O) groups excluding carboxylic acids is 2. The van der Waals surface area contributed by atoms with E-state index in [9.17, 15) is 9.59 Å². The van der Waals surface area contributed by atoms with Crippen molar-refractivity contribution >= 4 is 22.6 Å². The number of para-hydroxylation sites is 1. The molecule has 5 rings (SSSR count). The molecule has 2 aliphatic rings. The summed E-state index contributed by atoms with van der Waals surface area (Å²) in [6, 6.07) is 16.9. The van der Waals surface area contributed by atoms with Gasteiger partial charge in [-0.1, -0.05) is 42.5 Å². The van der Waals surface area contributed by atoms with E-state index in [1.807, 2.05) is 67.7 Å². The summed E-state index contributed by atoms with van der Waals surface area (Å²) >= 11 is 0. The lowest BCUT2D eigenvalue weighted by molar-refractivity contribution is 0.0817. The summed E-state index contributed by atoms with van der Waals surface area (Å²) in [5.74, 6) is 0.324. The average Bonchev–Trinajstić information content (AvgIpc) is 3.39. The second-order valence-electron chi connectivity index (χ2n) is 8.28. The first-order chi connectivity index (χ1) is 15.9. The van der Waals surface area contributed by atoms with Crippen molar-refractivity contribution in [3.63, 3.8) is 0 Å². The first-order valence-corrected chi connectivity index (χ1v) is 10.7. The normalized spacial score (nSPS) is 11.2. The Hall–Kier alpha value is -4.26. The molecule has 3 aromatic rings.